The van der Waals surface area contributed by atoms with Gasteiger partial charge in [-0.25, -0.2) is 8.42 Å². The van der Waals surface area contributed by atoms with Crippen molar-refractivity contribution in [3.05, 3.63) is 94.0 Å². The summed E-state index contributed by atoms with van der Waals surface area (Å²) < 4.78 is 28.7. The van der Waals surface area contributed by atoms with Crippen LogP contribution in [-0.2, 0) is 26.2 Å². The van der Waals surface area contributed by atoms with Crippen LogP contribution in [0.2, 0.25) is 10.0 Å². The van der Waals surface area contributed by atoms with Crippen LogP contribution in [0.1, 0.15) is 38.3 Å². The first-order chi connectivity index (χ1) is 18.4. The van der Waals surface area contributed by atoms with Crippen LogP contribution >= 0.6 is 23.2 Å². The van der Waals surface area contributed by atoms with Crippen LogP contribution in [0.25, 0.3) is 0 Å². The molecule has 0 bridgehead atoms. The minimum atomic E-state index is -4.16. The number of benzene rings is 3. The third-order valence-corrected chi connectivity index (χ3v) is 8.53. The summed E-state index contributed by atoms with van der Waals surface area (Å²) in [6, 6.07) is 18.7. The van der Waals surface area contributed by atoms with Gasteiger partial charge in [0.15, 0.2) is 0 Å². The maximum atomic E-state index is 14.0. The van der Waals surface area contributed by atoms with Gasteiger partial charge in [0.25, 0.3) is 10.0 Å². The SMILES string of the molecule is CCC(C(=O)NC(C)C)N(Cc1ccccc1Cl)C(=O)CN(c1ccc(C)cc1)S(=O)(=O)c1ccc(Cl)cc1. The first-order valence-electron chi connectivity index (χ1n) is 12.6. The number of nitrogens with zero attached hydrogens (tertiary/aromatic N) is 2. The number of hydrogen-bond donors (Lipinski definition) is 1. The van der Waals surface area contributed by atoms with Gasteiger partial charge in [-0.1, -0.05) is 66.0 Å². The van der Waals surface area contributed by atoms with Crippen molar-refractivity contribution in [2.45, 2.75) is 57.6 Å². The van der Waals surface area contributed by atoms with E-state index in [9.17, 15) is 18.0 Å². The molecule has 39 heavy (non-hydrogen) atoms. The maximum absolute atomic E-state index is 14.0. The van der Waals surface area contributed by atoms with Crippen molar-refractivity contribution in [3.8, 4) is 0 Å². The molecule has 0 saturated carbocycles. The van der Waals surface area contributed by atoms with Crippen LogP contribution in [-0.4, -0.2) is 43.8 Å². The summed E-state index contributed by atoms with van der Waals surface area (Å²) in [5, 5.41) is 3.70. The standard InChI is InChI=1S/C29H33Cl2N3O4S/c1-5-27(29(36)32-20(2)3)33(18-22-8-6-7-9-26(22)31)28(35)19-34(24-14-10-21(4)11-15-24)39(37,38)25-16-12-23(30)13-17-25/h6-17,20,27H,5,18-19H2,1-4H3,(H,32,36). The molecule has 0 fully saturated rings. The molecule has 208 valence electrons. The second kappa shape index (κ2) is 13.3. The highest BCUT2D eigenvalue weighted by Gasteiger charge is 2.34. The molecule has 3 aromatic carbocycles. The number of amides is 2. The Bertz CT molecular complexity index is 1390. The van der Waals surface area contributed by atoms with Crippen molar-refractivity contribution in [2.75, 3.05) is 10.8 Å². The molecule has 1 N–H and O–H groups in total. The molecule has 0 spiro atoms. The van der Waals surface area contributed by atoms with Gasteiger partial charge in [-0.15, -0.1) is 0 Å². The van der Waals surface area contributed by atoms with E-state index in [0.29, 0.717) is 27.7 Å². The minimum absolute atomic E-state index is 0.0116. The quantitative estimate of drug-likeness (QED) is 0.305. The average Bonchev–Trinajstić information content (AvgIpc) is 2.88. The van der Waals surface area contributed by atoms with Crippen LogP contribution < -0.4 is 9.62 Å². The Morgan fingerprint density at radius 3 is 2.10 bits per heavy atom. The summed E-state index contributed by atoms with van der Waals surface area (Å²) in [7, 11) is -4.16. The lowest BCUT2D eigenvalue weighted by Crippen LogP contribution is -2.53. The van der Waals surface area contributed by atoms with Crippen LogP contribution in [0.5, 0.6) is 0 Å². The van der Waals surface area contributed by atoms with E-state index >= 15 is 0 Å². The van der Waals surface area contributed by atoms with Crippen molar-refractivity contribution in [1.29, 1.82) is 0 Å². The summed E-state index contributed by atoms with van der Waals surface area (Å²) in [6.45, 7) is 6.87. The number of carbonyl (C=O) groups is 2. The molecular formula is C29H33Cl2N3O4S. The zero-order chi connectivity index (χ0) is 28.7. The number of aryl methyl sites for hydroxylation is 1. The number of rotatable bonds is 11. The van der Waals surface area contributed by atoms with E-state index in [2.05, 4.69) is 5.32 Å². The Hall–Kier alpha value is -3.07. The second-order valence-electron chi connectivity index (χ2n) is 9.50. The van der Waals surface area contributed by atoms with Crippen LogP contribution in [0.15, 0.2) is 77.7 Å². The fraction of sp³-hybridized carbons (Fsp3) is 0.310. The first kappa shape index (κ1) is 30.5. The number of halogens is 2. The lowest BCUT2D eigenvalue weighted by Gasteiger charge is -2.33. The van der Waals surface area contributed by atoms with Gasteiger partial charge in [-0.3, -0.25) is 13.9 Å². The van der Waals surface area contributed by atoms with E-state index in [1.54, 1.807) is 55.5 Å². The predicted octanol–water partition coefficient (Wildman–Crippen LogP) is 5.83. The number of anilines is 1. The fourth-order valence-corrected chi connectivity index (χ4v) is 5.82. The number of nitrogens with one attached hydrogen (secondary N) is 1. The summed E-state index contributed by atoms with van der Waals surface area (Å²) in [5.74, 6) is -0.867. The summed E-state index contributed by atoms with van der Waals surface area (Å²) in [5.41, 5.74) is 1.90. The Morgan fingerprint density at radius 1 is 0.923 bits per heavy atom. The maximum Gasteiger partial charge on any atom is 0.264 e. The van der Waals surface area contributed by atoms with E-state index in [4.69, 9.17) is 23.2 Å². The summed E-state index contributed by atoms with van der Waals surface area (Å²) in [6.07, 6.45) is 0.323. The zero-order valence-electron chi connectivity index (χ0n) is 22.4. The first-order valence-corrected chi connectivity index (χ1v) is 14.8. The molecule has 2 amide bonds. The van der Waals surface area contributed by atoms with Gasteiger partial charge < -0.3 is 10.2 Å². The Kier molecular flexibility index (Phi) is 10.4. The van der Waals surface area contributed by atoms with Gasteiger partial charge in [-0.05, 0) is 75.2 Å². The molecule has 7 nitrogen and oxygen atoms in total. The molecule has 0 aliphatic rings. The number of carbonyl (C=O) groups excluding carboxylic acids is 2. The van der Waals surface area contributed by atoms with E-state index in [1.807, 2.05) is 20.8 Å². The third-order valence-electron chi connectivity index (χ3n) is 6.12. The highest BCUT2D eigenvalue weighted by Crippen LogP contribution is 2.27. The number of sulfonamides is 1. The van der Waals surface area contributed by atoms with Gasteiger partial charge in [0, 0.05) is 22.6 Å². The molecule has 10 heteroatoms. The zero-order valence-corrected chi connectivity index (χ0v) is 24.7. The highest BCUT2D eigenvalue weighted by molar-refractivity contribution is 7.92. The molecule has 0 aliphatic heterocycles. The molecular weight excluding hydrogens is 557 g/mol. The minimum Gasteiger partial charge on any atom is -0.352 e. The molecule has 0 aliphatic carbocycles. The molecule has 0 radical (unpaired) electrons. The second-order valence-corrected chi connectivity index (χ2v) is 12.2. The molecule has 1 unspecified atom stereocenters. The predicted molar refractivity (Wildman–Crippen MR) is 157 cm³/mol. The molecule has 3 aromatic rings. The van der Waals surface area contributed by atoms with E-state index < -0.39 is 28.5 Å². The fourth-order valence-electron chi connectivity index (χ4n) is 4.08. The lowest BCUT2D eigenvalue weighted by atomic mass is 10.1. The van der Waals surface area contributed by atoms with Crippen LogP contribution in [0, 0.1) is 6.92 Å². The van der Waals surface area contributed by atoms with E-state index in [1.165, 1.54) is 29.2 Å². The number of hydrogen-bond acceptors (Lipinski definition) is 4. The summed E-state index contributed by atoms with van der Waals surface area (Å²) >= 11 is 12.4. The highest BCUT2D eigenvalue weighted by atomic mass is 35.5. The molecule has 3 rings (SSSR count). The molecule has 0 aromatic heterocycles. The van der Waals surface area contributed by atoms with Crippen molar-refractivity contribution >= 4 is 50.7 Å². The Morgan fingerprint density at radius 2 is 1.54 bits per heavy atom. The van der Waals surface area contributed by atoms with E-state index in [-0.39, 0.29) is 23.4 Å². The van der Waals surface area contributed by atoms with Gasteiger partial charge in [-0.2, -0.15) is 0 Å². The van der Waals surface area contributed by atoms with Crippen molar-refractivity contribution in [3.63, 3.8) is 0 Å². The van der Waals surface area contributed by atoms with E-state index in [0.717, 1.165) is 9.87 Å². The third kappa shape index (κ3) is 7.75. The van der Waals surface area contributed by atoms with Crippen molar-refractivity contribution < 1.29 is 18.0 Å². The molecule has 1 atom stereocenters. The summed E-state index contributed by atoms with van der Waals surface area (Å²) in [4.78, 5) is 28.6. The monoisotopic (exact) mass is 589 g/mol. The Balaban J connectivity index is 2.07. The smallest absolute Gasteiger partial charge is 0.264 e. The molecule has 0 saturated heterocycles. The van der Waals surface area contributed by atoms with Gasteiger partial charge in [0.1, 0.15) is 12.6 Å². The van der Waals surface area contributed by atoms with Gasteiger partial charge in [0.05, 0.1) is 10.6 Å². The normalized spacial score (nSPS) is 12.2. The Labute approximate surface area is 240 Å². The molecule has 0 heterocycles. The topological polar surface area (TPSA) is 86.8 Å². The van der Waals surface area contributed by atoms with Gasteiger partial charge in [0.2, 0.25) is 11.8 Å². The van der Waals surface area contributed by atoms with Gasteiger partial charge >= 0.3 is 0 Å². The lowest BCUT2D eigenvalue weighted by molar-refractivity contribution is -0.140. The van der Waals surface area contributed by atoms with Crippen LogP contribution in [0.4, 0.5) is 5.69 Å². The average molecular weight is 591 g/mol. The largest absolute Gasteiger partial charge is 0.352 e. The van der Waals surface area contributed by atoms with Crippen LogP contribution in [0.3, 0.4) is 0 Å². The van der Waals surface area contributed by atoms with Crippen molar-refractivity contribution in [2.24, 2.45) is 0 Å². The van der Waals surface area contributed by atoms with Crippen molar-refractivity contribution in [1.82, 2.24) is 10.2 Å².